The van der Waals surface area contributed by atoms with Gasteiger partial charge in [0, 0.05) is 84.3 Å². The smallest absolute Gasteiger partial charge is 0.226 e. The Balaban J connectivity index is 1.75. The molecule has 10 atom stereocenters. The summed E-state index contributed by atoms with van der Waals surface area (Å²) in [4.78, 5) is 63.8. The Morgan fingerprint density at radius 3 is 2.09 bits per heavy atom. The Kier molecular flexibility index (Phi) is 18.1. The number of carbonyl (C=O) groups is 4. The molecule has 0 unspecified atom stereocenters. The van der Waals surface area contributed by atoms with Crippen LogP contribution in [0.2, 0.25) is 0 Å². The molecule has 54 heavy (non-hydrogen) atoms. The highest BCUT2D eigenvalue weighted by molar-refractivity contribution is 5.87. The second-order valence-electron chi connectivity index (χ2n) is 16.8. The molecule has 2 fully saturated rings. The van der Waals surface area contributed by atoms with Gasteiger partial charge in [0.05, 0.1) is 30.7 Å². The van der Waals surface area contributed by atoms with E-state index in [4.69, 9.17) is 9.47 Å². The molecular weight excluding hydrogens is 684 g/mol. The fourth-order valence-electron chi connectivity index (χ4n) is 9.20. The van der Waals surface area contributed by atoms with Crippen LogP contribution in [0.4, 0.5) is 0 Å². The first-order valence-corrected chi connectivity index (χ1v) is 20.4. The number of piperazine rings is 1. The molecule has 2 saturated heterocycles. The normalized spacial score (nSPS) is 23.4. The standard InChI is InChI=1S/C43H72N4O7/c1-12-29(4)41(45(9)43(52)35(28(2)3)23-40(51)47-30(5)25-44(8)26-31(47)6)38(53-10)24-39(50)46-20-16-19-36(46)42(54-11)32(7)37(49)22-34(27-48)21-33-17-14-13-15-18-33/h13-15,17-18,28-32,34-36,38,41-42,48H,12,16,19-27H2,1-11H3/t29-,30-,31+,32-,34+,35-,36-,38+,41-,42+/m0/s1. The van der Waals surface area contributed by atoms with Crippen LogP contribution in [0.1, 0.15) is 92.6 Å². The molecule has 1 N–H and O–H groups in total. The van der Waals surface area contributed by atoms with Gasteiger partial charge in [-0.2, -0.15) is 0 Å². The average molecular weight is 757 g/mol. The van der Waals surface area contributed by atoms with Crippen molar-refractivity contribution in [3.05, 3.63) is 35.9 Å². The highest BCUT2D eigenvalue weighted by atomic mass is 16.5. The first-order chi connectivity index (χ1) is 25.6. The van der Waals surface area contributed by atoms with Gasteiger partial charge in [0.2, 0.25) is 17.7 Å². The van der Waals surface area contributed by atoms with E-state index in [1.807, 2.05) is 60.9 Å². The lowest BCUT2D eigenvalue weighted by Gasteiger charge is -2.44. The maximum absolute atomic E-state index is 14.4. The van der Waals surface area contributed by atoms with Crippen LogP contribution in [-0.4, -0.2) is 139 Å². The molecular formula is C43H72N4O7. The largest absolute Gasteiger partial charge is 0.396 e. The average Bonchev–Trinajstić information content (AvgIpc) is 3.62. The number of amides is 3. The fourth-order valence-corrected chi connectivity index (χ4v) is 9.20. The Morgan fingerprint density at radius 1 is 0.926 bits per heavy atom. The van der Waals surface area contributed by atoms with E-state index in [1.165, 1.54) is 0 Å². The highest BCUT2D eigenvalue weighted by Gasteiger charge is 2.43. The lowest BCUT2D eigenvalue weighted by Crippen LogP contribution is -2.58. The lowest BCUT2D eigenvalue weighted by atomic mass is 9.85. The molecule has 11 nitrogen and oxygen atoms in total. The second-order valence-corrected chi connectivity index (χ2v) is 16.8. The summed E-state index contributed by atoms with van der Waals surface area (Å²) >= 11 is 0. The summed E-state index contributed by atoms with van der Waals surface area (Å²) in [5.74, 6) is -1.40. The highest BCUT2D eigenvalue weighted by Crippen LogP contribution is 2.32. The maximum Gasteiger partial charge on any atom is 0.226 e. The van der Waals surface area contributed by atoms with Crippen molar-refractivity contribution >= 4 is 23.5 Å². The molecule has 2 aliphatic heterocycles. The molecule has 3 amide bonds. The molecule has 1 aromatic carbocycles. The Bertz CT molecular complexity index is 1330. The van der Waals surface area contributed by atoms with Gasteiger partial charge in [0.15, 0.2) is 0 Å². The van der Waals surface area contributed by atoms with Crippen molar-refractivity contribution in [2.75, 3.05) is 54.6 Å². The zero-order valence-electron chi connectivity index (χ0n) is 35.2. The maximum atomic E-state index is 14.4. The van der Waals surface area contributed by atoms with Crippen LogP contribution in [0.3, 0.4) is 0 Å². The Morgan fingerprint density at radius 2 is 1.56 bits per heavy atom. The quantitative estimate of drug-likeness (QED) is 0.199. The van der Waals surface area contributed by atoms with Crippen LogP contribution in [0.25, 0.3) is 0 Å². The summed E-state index contributed by atoms with van der Waals surface area (Å²) in [5.41, 5.74) is 1.08. The predicted molar refractivity (Wildman–Crippen MR) is 213 cm³/mol. The summed E-state index contributed by atoms with van der Waals surface area (Å²) in [5, 5.41) is 10.1. The number of ketones is 1. The van der Waals surface area contributed by atoms with Crippen LogP contribution in [0.5, 0.6) is 0 Å². The second kappa shape index (κ2) is 21.4. The van der Waals surface area contributed by atoms with E-state index in [-0.39, 0.29) is 85.3 Å². The van der Waals surface area contributed by atoms with E-state index in [9.17, 15) is 24.3 Å². The molecule has 0 aromatic heterocycles. The van der Waals surface area contributed by atoms with E-state index >= 15 is 0 Å². The van der Waals surface area contributed by atoms with E-state index in [0.717, 1.165) is 37.9 Å². The van der Waals surface area contributed by atoms with Crippen LogP contribution in [0.15, 0.2) is 30.3 Å². The summed E-state index contributed by atoms with van der Waals surface area (Å²) in [6.07, 6.45) is 2.26. The fraction of sp³-hybridized carbons (Fsp3) is 0.767. The Labute approximate surface area is 326 Å². The lowest BCUT2D eigenvalue weighted by molar-refractivity contribution is -0.151. The van der Waals surface area contributed by atoms with Crippen molar-refractivity contribution in [3.63, 3.8) is 0 Å². The topological polar surface area (TPSA) is 120 Å². The number of carbonyl (C=O) groups excluding carboxylic acids is 4. The molecule has 0 radical (unpaired) electrons. The number of methoxy groups -OCH3 is 2. The zero-order valence-corrected chi connectivity index (χ0v) is 35.2. The van der Waals surface area contributed by atoms with Crippen molar-refractivity contribution in [2.24, 2.45) is 29.6 Å². The van der Waals surface area contributed by atoms with Crippen LogP contribution in [0, 0.1) is 29.6 Å². The van der Waals surface area contributed by atoms with Crippen LogP contribution < -0.4 is 0 Å². The zero-order chi connectivity index (χ0) is 40.3. The molecule has 0 bridgehead atoms. The molecule has 306 valence electrons. The third-order valence-electron chi connectivity index (χ3n) is 12.4. The molecule has 3 rings (SSSR count). The van der Waals surface area contributed by atoms with Crippen molar-refractivity contribution in [2.45, 2.75) is 130 Å². The predicted octanol–water partition coefficient (Wildman–Crippen LogP) is 4.93. The van der Waals surface area contributed by atoms with E-state index in [0.29, 0.717) is 13.0 Å². The van der Waals surface area contributed by atoms with Crippen molar-refractivity contribution < 1.29 is 33.8 Å². The number of Topliss-reactive ketones (excluding diaryl/α,β-unsaturated/α-hetero) is 1. The third kappa shape index (κ3) is 11.6. The third-order valence-corrected chi connectivity index (χ3v) is 12.4. The number of nitrogens with zero attached hydrogens (tertiary/aromatic N) is 4. The summed E-state index contributed by atoms with van der Waals surface area (Å²) < 4.78 is 12.1. The monoisotopic (exact) mass is 757 g/mol. The molecule has 0 aliphatic carbocycles. The van der Waals surface area contributed by atoms with Crippen molar-refractivity contribution in [1.29, 1.82) is 0 Å². The number of likely N-dealkylation sites (N-methyl/N-ethyl adjacent to an activating group) is 2. The first kappa shape index (κ1) is 45.5. The van der Waals surface area contributed by atoms with E-state index in [2.05, 4.69) is 39.6 Å². The minimum atomic E-state index is -0.577. The Hall–Kier alpha value is -2.86. The van der Waals surface area contributed by atoms with Gasteiger partial charge in [-0.15, -0.1) is 0 Å². The minimum Gasteiger partial charge on any atom is -0.396 e. The SMILES string of the molecule is CC[C@H](C)[C@@H]([C@@H](CC(=O)N1CCC[C@H]1[C@H](OC)[C@@H](C)C(=O)C[C@H](CO)Cc1ccccc1)OC)N(C)C(=O)[C@@H](CC(=O)N1[C@H](C)CN(C)C[C@@H]1C)C(C)C. The number of rotatable bonds is 20. The molecule has 0 spiro atoms. The first-order valence-electron chi connectivity index (χ1n) is 20.4. The molecule has 0 saturated carbocycles. The summed E-state index contributed by atoms with van der Waals surface area (Å²) in [6, 6.07) is 9.32. The number of benzene rings is 1. The van der Waals surface area contributed by atoms with Gasteiger partial charge >= 0.3 is 0 Å². The van der Waals surface area contributed by atoms with E-state index < -0.39 is 30.1 Å². The molecule has 11 heteroatoms. The number of ether oxygens (including phenoxy) is 2. The number of aliphatic hydroxyl groups is 1. The van der Waals surface area contributed by atoms with Crippen LogP contribution in [-0.2, 0) is 35.1 Å². The van der Waals surface area contributed by atoms with Gasteiger partial charge < -0.3 is 34.2 Å². The van der Waals surface area contributed by atoms with Crippen molar-refractivity contribution in [3.8, 4) is 0 Å². The number of aliphatic hydroxyl groups excluding tert-OH is 1. The van der Waals surface area contributed by atoms with Gasteiger partial charge in [-0.1, -0.05) is 71.4 Å². The van der Waals surface area contributed by atoms with E-state index in [1.54, 1.807) is 26.2 Å². The summed E-state index contributed by atoms with van der Waals surface area (Å²) in [6.45, 7) is 16.2. The minimum absolute atomic E-state index is 0.00525. The van der Waals surface area contributed by atoms with Gasteiger partial charge in [-0.25, -0.2) is 0 Å². The van der Waals surface area contributed by atoms with Gasteiger partial charge in [0.25, 0.3) is 0 Å². The number of hydrogen-bond donors (Lipinski definition) is 1. The molecule has 1 aromatic rings. The van der Waals surface area contributed by atoms with Gasteiger partial charge in [-0.3, -0.25) is 19.2 Å². The summed E-state index contributed by atoms with van der Waals surface area (Å²) in [7, 11) is 7.06. The van der Waals surface area contributed by atoms with Crippen LogP contribution >= 0.6 is 0 Å². The van der Waals surface area contributed by atoms with Crippen molar-refractivity contribution in [1.82, 2.24) is 19.6 Å². The van der Waals surface area contributed by atoms with Gasteiger partial charge in [0.1, 0.15) is 5.78 Å². The molecule has 2 aliphatic rings. The molecule has 2 heterocycles. The number of hydrogen-bond acceptors (Lipinski definition) is 8. The number of likely N-dealkylation sites (tertiary alicyclic amines) is 1. The van der Waals surface area contributed by atoms with Gasteiger partial charge in [-0.05, 0) is 63.5 Å².